The minimum Gasteiger partial charge on any atom is -0.506 e. The van der Waals surface area contributed by atoms with E-state index in [4.69, 9.17) is 11.6 Å². The van der Waals surface area contributed by atoms with Crippen molar-refractivity contribution in [2.24, 2.45) is 0 Å². The molecule has 0 aliphatic heterocycles. The van der Waals surface area contributed by atoms with Crippen molar-refractivity contribution in [1.82, 2.24) is 0 Å². The highest BCUT2D eigenvalue weighted by molar-refractivity contribution is 7.17. The van der Waals surface area contributed by atoms with E-state index in [1.54, 1.807) is 11.3 Å². The molecular formula is C11H11ClOS. The van der Waals surface area contributed by atoms with Gasteiger partial charge in [-0.2, -0.15) is 0 Å². The van der Waals surface area contributed by atoms with Crippen LogP contribution in [0.5, 0.6) is 5.75 Å². The molecule has 0 saturated heterocycles. The van der Waals surface area contributed by atoms with Crippen LogP contribution >= 0.6 is 22.9 Å². The zero-order valence-electron chi connectivity index (χ0n) is 7.88. The van der Waals surface area contributed by atoms with Crippen molar-refractivity contribution in [3.05, 3.63) is 28.6 Å². The molecule has 1 aromatic heterocycles. The van der Waals surface area contributed by atoms with Crippen LogP contribution in [0.25, 0.3) is 10.1 Å². The molecule has 0 saturated carbocycles. The summed E-state index contributed by atoms with van der Waals surface area (Å²) in [7, 11) is 0. The number of aromatic hydroxyl groups is 1. The third kappa shape index (κ3) is 1.39. The van der Waals surface area contributed by atoms with Crippen molar-refractivity contribution in [3.63, 3.8) is 0 Å². The maximum Gasteiger partial charge on any atom is 0.136 e. The first-order valence-electron chi connectivity index (χ1n) is 4.54. The lowest BCUT2D eigenvalue weighted by atomic mass is 10.1. The number of hydrogen-bond acceptors (Lipinski definition) is 2. The lowest BCUT2D eigenvalue weighted by Crippen LogP contribution is -1.81. The van der Waals surface area contributed by atoms with Gasteiger partial charge in [0.05, 0.1) is 4.70 Å². The average Bonchev–Trinajstić information content (AvgIpc) is 2.62. The Bertz CT molecular complexity index is 462. The van der Waals surface area contributed by atoms with Gasteiger partial charge >= 0.3 is 0 Å². The van der Waals surface area contributed by atoms with E-state index in [0.29, 0.717) is 11.6 Å². The summed E-state index contributed by atoms with van der Waals surface area (Å²) in [6.07, 6.45) is 0.857. The number of phenols is 1. The van der Waals surface area contributed by atoms with Crippen molar-refractivity contribution in [1.29, 1.82) is 0 Å². The second kappa shape index (κ2) is 3.79. The van der Waals surface area contributed by atoms with Crippen molar-refractivity contribution in [2.75, 3.05) is 0 Å². The van der Waals surface area contributed by atoms with Gasteiger partial charge in [-0.1, -0.05) is 19.1 Å². The molecule has 1 nitrogen and oxygen atoms in total. The number of thiophene rings is 1. The van der Waals surface area contributed by atoms with Gasteiger partial charge in [-0.05, 0) is 22.9 Å². The van der Waals surface area contributed by atoms with Gasteiger partial charge in [0.2, 0.25) is 0 Å². The Morgan fingerprint density at radius 2 is 2.14 bits per heavy atom. The van der Waals surface area contributed by atoms with Gasteiger partial charge in [-0.25, -0.2) is 0 Å². The number of rotatable bonds is 2. The summed E-state index contributed by atoms with van der Waals surface area (Å²) < 4.78 is 0.958. The molecule has 1 N–H and O–H groups in total. The maximum atomic E-state index is 9.93. The molecule has 2 rings (SSSR count). The minimum atomic E-state index is 0.423. The molecule has 0 aliphatic carbocycles. The Morgan fingerprint density at radius 1 is 1.36 bits per heavy atom. The molecule has 2 aromatic rings. The Hall–Kier alpha value is -0.730. The lowest BCUT2D eigenvalue weighted by molar-refractivity contribution is 0.476. The zero-order chi connectivity index (χ0) is 10.1. The van der Waals surface area contributed by atoms with Crippen LogP contribution in [0.2, 0.25) is 0 Å². The average molecular weight is 227 g/mol. The third-order valence-electron chi connectivity index (χ3n) is 2.40. The van der Waals surface area contributed by atoms with Gasteiger partial charge in [-0.15, -0.1) is 22.9 Å². The molecule has 0 amide bonds. The first-order valence-corrected chi connectivity index (χ1v) is 5.96. The van der Waals surface area contributed by atoms with E-state index < -0.39 is 0 Å². The molecule has 0 radical (unpaired) electrons. The van der Waals surface area contributed by atoms with Crippen LogP contribution in [-0.4, -0.2) is 5.11 Å². The Kier molecular flexibility index (Phi) is 2.66. The number of hydrogen-bond donors (Lipinski definition) is 1. The highest BCUT2D eigenvalue weighted by atomic mass is 35.5. The second-order valence-corrected chi connectivity index (χ2v) is 4.35. The quantitative estimate of drug-likeness (QED) is 0.770. The second-order valence-electron chi connectivity index (χ2n) is 3.20. The van der Waals surface area contributed by atoms with E-state index in [9.17, 15) is 5.11 Å². The summed E-state index contributed by atoms with van der Waals surface area (Å²) in [5.41, 5.74) is 2.10. The van der Waals surface area contributed by atoms with E-state index in [1.807, 2.05) is 24.4 Å². The summed E-state index contributed by atoms with van der Waals surface area (Å²) >= 11 is 7.36. The van der Waals surface area contributed by atoms with Gasteiger partial charge < -0.3 is 5.11 Å². The van der Waals surface area contributed by atoms with Gasteiger partial charge in [0.15, 0.2) is 0 Å². The normalized spacial score (nSPS) is 11.0. The Morgan fingerprint density at radius 3 is 2.79 bits per heavy atom. The minimum absolute atomic E-state index is 0.423. The number of benzene rings is 1. The molecular weight excluding hydrogens is 216 g/mol. The van der Waals surface area contributed by atoms with Gasteiger partial charge in [0, 0.05) is 11.3 Å². The number of halogens is 1. The topological polar surface area (TPSA) is 20.2 Å². The molecule has 14 heavy (non-hydrogen) atoms. The molecule has 0 atom stereocenters. The summed E-state index contributed by atoms with van der Waals surface area (Å²) in [6, 6.07) is 4.02. The molecule has 0 spiro atoms. The van der Waals surface area contributed by atoms with E-state index >= 15 is 0 Å². The number of fused-ring (bicyclic) bond motifs is 1. The predicted octanol–water partition coefficient (Wildman–Crippen LogP) is 3.91. The fraction of sp³-hybridized carbons (Fsp3) is 0.273. The van der Waals surface area contributed by atoms with E-state index in [0.717, 1.165) is 27.6 Å². The van der Waals surface area contributed by atoms with Crippen molar-refractivity contribution in [2.45, 2.75) is 19.2 Å². The molecule has 74 valence electrons. The van der Waals surface area contributed by atoms with Crippen LogP contribution in [-0.2, 0) is 12.3 Å². The van der Waals surface area contributed by atoms with E-state index in [1.165, 1.54) is 0 Å². The fourth-order valence-corrected chi connectivity index (χ4v) is 2.92. The standard InChI is InChI=1S/C11H11ClOS/c1-2-7-3-4-9-8(5-12)6-14-11(9)10(7)13/h3-4,6,13H,2,5H2,1H3. The first-order chi connectivity index (χ1) is 6.77. The van der Waals surface area contributed by atoms with Gasteiger partial charge in [0.25, 0.3) is 0 Å². The summed E-state index contributed by atoms with van der Waals surface area (Å²) in [5.74, 6) is 0.927. The van der Waals surface area contributed by atoms with Gasteiger partial charge in [0.1, 0.15) is 5.75 Å². The fourth-order valence-electron chi connectivity index (χ4n) is 1.57. The van der Waals surface area contributed by atoms with Crippen LogP contribution in [0.15, 0.2) is 17.5 Å². The van der Waals surface area contributed by atoms with E-state index in [-0.39, 0.29) is 0 Å². The van der Waals surface area contributed by atoms with Crippen LogP contribution in [0.1, 0.15) is 18.1 Å². The number of alkyl halides is 1. The zero-order valence-corrected chi connectivity index (χ0v) is 9.45. The molecule has 1 aromatic carbocycles. The molecule has 0 fully saturated rings. The molecule has 1 heterocycles. The first kappa shape index (κ1) is 9.81. The molecule has 0 bridgehead atoms. The molecule has 0 unspecified atom stereocenters. The van der Waals surface area contributed by atoms with Crippen LogP contribution in [0.4, 0.5) is 0 Å². The Balaban J connectivity index is 2.72. The molecule has 0 aliphatic rings. The van der Waals surface area contributed by atoms with Crippen molar-refractivity contribution in [3.8, 4) is 5.75 Å². The van der Waals surface area contributed by atoms with Crippen LogP contribution in [0, 0.1) is 0 Å². The highest BCUT2D eigenvalue weighted by Gasteiger charge is 2.09. The number of phenolic OH excluding ortho intramolecular Hbond substituents is 1. The Labute approximate surface area is 91.9 Å². The summed E-state index contributed by atoms with van der Waals surface area (Å²) in [4.78, 5) is 0. The predicted molar refractivity (Wildman–Crippen MR) is 62.4 cm³/mol. The van der Waals surface area contributed by atoms with Crippen molar-refractivity contribution >= 4 is 33.0 Å². The highest BCUT2D eigenvalue weighted by Crippen LogP contribution is 2.36. The molecule has 3 heteroatoms. The maximum absolute atomic E-state index is 9.93. The monoisotopic (exact) mass is 226 g/mol. The third-order valence-corrected chi connectivity index (χ3v) is 3.74. The summed E-state index contributed by atoms with van der Waals surface area (Å²) in [5, 5.41) is 13.0. The largest absolute Gasteiger partial charge is 0.506 e. The van der Waals surface area contributed by atoms with Crippen LogP contribution < -0.4 is 0 Å². The van der Waals surface area contributed by atoms with Gasteiger partial charge in [-0.3, -0.25) is 0 Å². The SMILES string of the molecule is CCc1ccc2c(CCl)csc2c1O. The van der Waals surface area contributed by atoms with Crippen LogP contribution in [0.3, 0.4) is 0 Å². The number of aryl methyl sites for hydroxylation is 1. The lowest BCUT2D eigenvalue weighted by Gasteiger charge is -2.02. The van der Waals surface area contributed by atoms with Crippen molar-refractivity contribution < 1.29 is 5.11 Å². The van der Waals surface area contributed by atoms with E-state index in [2.05, 4.69) is 0 Å². The summed E-state index contributed by atoms with van der Waals surface area (Å²) in [6.45, 7) is 2.04. The smallest absolute Gasteiger partial charge is 0.136 e.